The number of aromatic nitrogens is 8. The van der Waals surface area contributed by atoms with Crippen LogP contribution < -0.4 is 34.9 Å². The summed E-state index contributed by atoms with van der Waals surface area (Å²) in [5.74, 6) is -0.382. The molecular formula is C20H32N12O13P2Pt. The quantitative estimate of drug-likeness (QED) is 0.0792. The molecule has 2 saturated heterocycles. The van der Waals surface area contributed by atoms with Gasteiger partial charge in [0, 0.05) is 33.9 Å². The van der Waals surface area contributed by atoms with Gasteiger partial charge in [-0.2, -0.15) is 9.97 Å². The van der Waals surface area contributed by atoms with Crippen molar-refractivity contribution >= 4 is 49.9 Å². The average molecular weight is 906 g/mol. The fourth-order valence-electron chi connectivity index (χ4n) is 5.02. The van der Waals surface area contributed by atoms with E-state index in [1.165, 1.54) is 21.8 Å². The van der Waals surface area contributed by atoms with E-state index in [-0.39, 0.29) is 80.4 Å². The van der Waals surface area contributed by atoms with Crippen molar-refractivity contribution in [3.63, 3.8) is 0 Å². The van der Waals surface area contributed by atoms with Gasteiger partial charge in [0.15, 0.2) is 22.3 Å². The number of nitrogens with one attached hydrogen (secondary N) is 2. The van der Waals surface area contributed by atoms with Gasteiger partial charge in [-0.05, 0) is 0 Å². The third-order valence-corrected chi connectivity index (χ3v) is 8.48. The molecule has 6 heterocycles. The second-order valence-corrected chi connectivity index (χ2v) is 12.7. The van der Waals surface area contributed by atoms with E-state index in [9.17, 15) is 38.5 Å². The van der Waals surface area contributed by atoms with E-state index in [4.69, 9.17) is 30.0 Å². The van der Waals surface area contributed by atoms with Gasteiger partial charge in [0.25, 0.3) is 11.1 Å². The first-order chi connectivity index (χ1) is 21.2. The van der Waals surface area contributed by atoms with E-state index >= 15 is 0 Å². The molecule has 0 bridgehead atoms. The molecule has 0 radical (unpaired) electrons. The van der Waals surface area contributed by atoms with Crippen LogP contribution >= 0.6 is 15.6 Å². The number of nitrogen functional groups attached to an aromatic ring is 2. The molecule has 7 atom stereocenters. The molecule has 1 unspecified atom stereocenters. The van der Waals surface area contributed by atoms with Gasteiger partial charge in [0.2, 0.25) is 11.9 Å². The second kappa shape index (κ2) is 14.9. The van der Waals surface area contributed by atoms with E-state index in [1.54, 1.807) is 0 Å². The zero-order valence-corrected chi connectivity index (χ0v) is 28.4. The van der Waals surface area contributed by atoms with Gasteiger partial charge >= 0.3 is 15.6 Å². The largest absolute Gasteiger partial charge is 0.472 e. The molecule has 2 aliphatic heterocycles. The maximum Gasteiger partial charge on any atom is 0.472 e. The fourth-order valence-corrected chi connectivity index (χ4v) is 6.32. The molecule has 48 heavy (non-hydrogen) atoms. The number of imidazole rings is 2. The van der Waals surface area contributed by atoms with Gasteiger partial charge in [-0.3, -0.25) is 42.3 Å². The summed E-state index contributed by atoms with van der Waals surface area (Å²) in [6.07, 6.45) is -4.69. The number of rotatable bonds is 10. The second-order valence-electron chi connectivity index (χ2n) is 10.0. The molecule has 0 saturated carbocycles. The van der Waals surface area contributed by atoms with Gasteiger partial charge in [-0.15, -0.1) is 0 Å². The van der Waals surface area contributed by atoms with Crippen molar-refractivity contribution in [1.29, 1.82) is 0 Å². The molecule has 0 aliphatic carbocycles. The van der Waals surface area contributed by atoms with Crippen molar-refractivity contribution in [1.82, 2.24) is 51.3 Å². The van der Waals surface area contributed by atoms with Crippen LogP contribution in [0.4, 0.5) is 11.9 Å². The van der Waals surface area contributed by atoms with Crippen LogP contribution in [0.1, 0.15) is 25.3 Å². The summed E-state index contributed by atoms with van der Waals surface area (Å²) in [5.41, 5.74) is 10.0. The van der Waals surface area contributed by atoms with Crippen molar-refractivity contribution < 1.29 is 73.0 Å². The van der Waals surface area contributed by atoms with Gasteiger partial charge in [-0.25, -0.2) is 19.1 Å². The number of phosphoric ester groups is 2. The number of H-pyrrole nitrogens is 2. The summed E-state index contributed by atoms with van der Waals surface area (Å²) in [7, 11) is -9.93. The molecule has 270 valence electrons. The Morgan fingerprint density at radius 1 is 0.854 bits per heavy atom. The molecule has 2 aliphatic rings. The number of nitrogens with zero attached hydrogens (tertiary/aromatic N) is 6. The van der Waals surface area contributed by atoms with Crippen molar-refractivity contribution in [2.45, 2.75) is 49.7 Å². The van der Waals surface area contributed by atoms with Crippen molar-refractivity contribution in [3.8, 4) is 0 Å². The van der Waals surface area contributed by atoms with E-state index < -0.39 is 76.8 Å². The third-order valence-electron chi connectivity index (χ3n) is 6.98. The van der Waals surface area contributed by atoms with Crippen molar-refractivity contribution in [3.05, 3.63) is 33.4 Å². The Morgan fingerprint density at radius 2 is 1.33 bits per heavy atom. The fraction of sp³-hybridized carbons (Fsp3) is 0.500. The van der Waals surface area contributed by atoms with Crippen LogP contribution in [-0.2, 0) is 53.2 Å². The van der Waals surface area contributed by atoms with Gasteiger partial charge in [-0.1, -0.05) is 0 Å². The molecular weight excluding hydrogens is 873 g/mol. The summed E-state index contributed by atoms with van der Waals surface area (Å²) in [6, 6.07) is 0. The Kier molecular flexibility index (Phi) is 12.2. The van der Waals surface area contributed by atoms with Crippen LogP contribution in [0.25, 0.3) is 22.3 Å². The van der Waals surface area contributed by atoms with E-state index in [2.05, 4.69) is 34.4 Å². The van der Waals surface area contributed by atoms with Crippen LogP contribution in [-0.4, -0.2) is 96.5 Å². The summed E-state index contributed by atoms with van der Waals surface area (Å²) in [6.45, 7) is -1.40. The van der Waals surface area contributed by atoms with Crippen LogP contribution in [0.5, 0.6) is 0 Å². The number of ether oxygens (including phenoxy) is 2. The first-order valence-corrected chi connectivity index (χ1v) is 16.0. The van der Waals surface area contributed by atoms with Crippen molar-refractivity contribution in [2.75, 3.05) is 24.7 Å². The summed E-state index contributed by atoms with van der Waals surface area (Å²) < 4.78 is 53.5. The Hall–Kier alpha value is -2.99. The number of aliphatic hydroxyl groups is 1. The Morgan fingerprint density at radius 3 is 1.85 bits per heavy atom. The SMILES string of the molecule is N.N.Nc1nc2c(ncn2[C@H]2C[C@H](OP(=O)(O)OC[C@H]3O[C@@H](n4cnc5c(=O)[nH]c(N)nc54)C[C@@H]3O)[C@@H](COP(=O)(O)O)O2)c(=O)[nH]1.[Pt]. The first kappa shape index (κ1) is 39.4. The summed E-state index contributed by atoms with van der Waals surface area (Å²) in [5, 5.41) is 10.6. The average Bonchev–Trinajstić information content (AvgIpc) is 3.71. The van der Waals surface area contributed by atoms with Crippen LogP contribution in [0.3, 0.4) is 0 Å². The zero-order valence-electron chi connectivity index (χ0n) is 24.4. The van der Waals surface area contributed by atoms with Gasteiger partial charge < -0.3 is 53.0 Å². The van der Waals surface area contributed by atoms with E-state index in [0.29, 0.717) is 0 Å². The van der Waals surface area contributed by atoms with E-state index in [1.807, 2.05) is 0 Å². The maximum atomic E-state index is 13.0. The number of fused-ring (bicyclic) bond motifs is 2. The topological polar surface area (TPSA) is 410 Å². The minimum atomic E-state index is -4.98. The molecule has 0 spiro atoms. The molecule has 0 amide bonds. The van der Waals surface area contributed by atoms with Gasteiger partial charge in [0.1, 0.15) is 30.8 Å². The number of phosphoric acid groups is 2. The summed E-state index contributed by atoms with van der Waals surface area (Å²) >= 11 is 0. The number of aliphatic hydroxyl groups excluding tert-OH is 1. The predicted molar refractivity (Wildman–Crippen MR) is 157 cm³/mol. The smallest absolute Gasteiger partial charge is 0.390 e. The molecule has 16 N–H and O–H groups in total. The molecule has 2 fully saturated rings. The molecule has 25 nitrogen and oxygen atoms in total. The Balaban J connectivity index is 0.00000208. The number of aromatic amines is 2. The monoisotopic (exact) mass is 905 g/mol. The van der Waals surface area contributed by atoms with Crippen LogP contribution in [0.2, 0.25) is 0 Å². The molecule has 6 rings (SSSR count). The number of nitrogens with two attached hydrogens (primary N) is 2. The Labute approximate surface area is 281 Å². The zero-order chi connectivity index (χ0) is 32.3. The minimum absolute atomic E-state index is 0. The molecule has 4 aromatic rings. The summed E-state index contributed by atoms with van der Waals surface area (Å²) in [4.78, 5) is 73.7. The van der Waals surface area contributed by atoms with Crippen LogP contribution in [0.15, 0.2) is 22.2 Å². The minimum Gasteiger partial charge on any atom is -0.390 e. The Bertz CT molecular complexity index is 1970. The normalized spacial score (nSPS) is 25.3. The predicted octanol–water partition coefficient (Wildman–Crippen LogP) is -1.71. The first-order valence-electron chi connectivity index (χ1n) is 13.0. The molecule has 0 aromatic carbocycles. The van der Waals surface area contributed by atoms with E-state index in [0.717, 1.165) is 0 Å². The molecule has 28 heteroatoms. The standard InChI is InChI=1S/C20H26N10O13P2.2H3N.Pt/c21-19-25-15-13(17(32)27-19)23-5-29(15)11-1-7(31)9(41-11)3-40-45(37,38)43-8-2-12(42-10(8)4-39-44(34,35)36)30-6-24-14-16(30)26-20(22)28-18(14)33;;;/h5-12,31H,1-4H2,(H,37,38)(H2,34,35,36)(H3,21,25,27,32)(H3,22,26,28,33);2*1H3;/t7-,8-,9+,10+,11+,12+;;;/m0.../s1. The van der Waals surface area contributed by atoms with Crippen molar-refractivity contribution in [2.24, 2.45) is 0 Å². The van der Waals surface area contributed by atoms with Gasteiger partial charge in [0.05, 0.1) is 32.0 Å². The van der Waals surface area contributed by atoms with Crippen LogP contribution in [0, 0.1) is 0 Å². The number of hydrogen-bond acceptors (Lipinski definition) is 18. The number of anilines is 2. The number of hydrogen-bond donors (Lipinski definition) is 10. The third kappa shape index (κ3) is 8.23. The maximum absolute atomic E-state index is 13.0. The molecule has 4 aromatic heterocycles.